The molecule has 4 rings (SSSR count). The molecule has 28 heavy (non-hydrogen) atoms. The lowest BCUT2D eigenvalue weighted by atomic mass is 9.94. The van der Waals surface area contributed by atoms with Crippen LogP contribution in [0.25, 0.3) is 10.9 Å². The number of nitrogens with zero attached hydrogens (tertiary/aromatic N) is 2. The van der Waals surface area contributed by atoms with Gasteiger partial charge in [-0.1, -0.05) is 12.8 Å². The van der Waals surface area contributed by atoms with Crippen molar-refractivity contribution in [1.29, 1.82) is 0 Å². The summed E-state index contributed by atoms with van der Waals surface area (Å²) < 4.78 is 7.20. The maximum atomic E-state index is 13.1. The van der Waals surface area contributed by atoms with Gasteiger partial charge in [0.15, 0.2) is 5.78 Å². The largest absolute Gasteiger partial charge is 0.497 e. The molecule has 1 saturated heterocycles. The molecule has 5 heteroatoms. The van der Waals surface area contributed by atoms with E-state index in [0.717, 1.165) is 69.1 Å². The molecule has 0 bridgehead atoms. The van der Waals surface area contributed by atoms with E-state index in [4.69, 9.17) is 4.74 Å². The predicted molar refractivity (Wildman–Crippen MR) is 111 cm³/mol. The Morgan fingerprint density at radius 1 is 1.11 bits per heavy atom. The number of aromatic nitrogens is 1. The fourth-order valence-corrected chi connectivity index (χ4v) is 4.60. The summed E-state index contributed by atoms with van der Waals surface area (Å²) in [4.78, 5) is 28.5. The van der Waals surface area contributed by atoms with E-state index in [1.54, 1.807) is 13.2 Å². The summed E-state index contributed by atoms with van der Waals surface area (Å²) in [7, 11) is 1.63. The van der Waals surface area contributed by atoms with E-state index in [9.17, 15) is 9.59 Å². The molecule has 1 aliphatic heterocycles. The van der Waals surface area contributed by atoms with Crippen molar-refractivity contribution in [2.24, 2.45) is 5.92 Å². The molecule has 1 radical (unpaired) electrons. The van der Waals surface area contributed by atoms with Crippen LogP contribution in [-0.4, -0.2) is 42.0 Å². The van der Waals surface area contributed by atoms with Crippen molar-refractivity contribution in [3.05, 3.63) is 46.6 Å². The zero-order valence-electron chi connectivity index (χ0n) is 16.7. The molecular weight excluding hydrogens is 352 g/mol. The summed E-state index contributed by atoms with van der Waals surface area (Å²) >= 11 is 0. The lowest BCUT2D eigenvalue weighted by molar-refractivity contribution is 0.0924. The van der Waals surface area contributed by atoms with Crippen LogP contribution in [0.3, 0.4) is 0 Å². The van der Waals surface area contributed by atoms with Crippen LogP contribution in [0.2, 0.25) is 0 Å². The minimum atomic E-state index is -0.0920. The molecule has 5 nitrogen and oxygen atoms in total. The van der Waals surface area contributed by atoms with Gasteiger partial charge in [-0.2, -0.15) is 0 Å². The standard InChI is InChI=1S/C23H29N2O3/c1-28-18-9-10-19-20(23(27)17-7-3-4-8-17)16-22(26)25(21(19)15-18)14-13-24-11-5-2-6-12-24/h2,9-10,15-17H,3-8,11-14H2,1H3. The van der Waals surface area contributed by atoms with Crippen LogP contribution < -0.4 is 10.3 Å². The Kier molecular flexibility index (Phi) is 5.81. The highest BCUT2D eigenvalue weighted by molar-refractivity contribution is 6.08. The second-order valence-corrected chi connectivity index (χ2v) is 7.98. The van der Waals surface area contributed by atoms with Gasteiger partial charge in [-0.3, -0.25) is 9.59 Å². The van der Waals surface area contributed by atoms with Crippen LogP contribution in [-0.2, 0) is 6.54 Å². The Hall–Kier alpha value is -2.14. The van der Waals surface area contributed by atoms with Crippen molar-refractivity contribution in [2.45, 2.75) is 45.1 Å². The lowest BCUT2D eigenvalue weighted by Crippen LogP contribution is -2.35. The number of hydrogen-bond acceptors (Lipinski definition) is 4. The molecule has 1 aromatic heterocycles. The molecule has 0 unspecified atom stereocenters. The molecule has 0 atom stereocenters. The van der Waals surface area contributed by atoms with Gasteiger partial charge < -0.3 is 14.2 Å². The zero-order chi connectivity index (χ0) is 19.5. The third-order valence-electron chi connectivity index (χ3n) is 6.25. The van der Waals surface area contributed by atoms with Gasteiger partial charge in [-0.05, 0) is 57.3 Å². The molecule has 149 valence electrons. The number of benzene rings is 1. The quantitative estimate of drug-likeness (QED) is 0.716. The first kappa shape index (κ1) is 19.2. The van der Waals surface area contributed by atoms with Crippen LogP contribution in [0.1, 0.15) is 48.9 Å². The number of carbonyl (C=O) groups excluding carboxylic acids is 1. The third kappa shape index (κ3) is 3.86. The number of hydrogen-bond donors (Lipinski definition) is 0. The van der Waals surface area contributed by atoms with Crippen LogP contribution in [0.4, 0.5) is 0 Å². The SMILES string of the molecule is COc1ccc2c(C(=O)C3CCCC3)cc(=O)n(CCN3CC[CH]CC3)c2c1. The van der Waals surface area contributed by atoms with E-state index in [-0.39, 0.29) is 17.3 Å². The molecule has 1 aliphatic carbocycles. The Bertz CT molecular complexity index is 906. The molecule has 0 amide bonds. The molecule has 1 aromatic carbocycles. The molecular formula is C23H29N2O3. The van der Waals surface area contributed by atoms with E-state index in [1.807, 2.05) is 22.8 Å². The average molecular weight is 381 g/mol. The lowest BCUT2D eigenvalue weighted by Gasteiger charge is -2.26. The molecule has 2 aliphatic rings. The van der Waals surface area contributed by atoms with Gasteiger partial charge in [0.1, 0.15) is 5.75 Å². The Balaban J connectivity index is 1.72. The number of fused-ring (bicyclic) bond motifs is 1. The van der Waals surface area contributed by atoms with E-state index in [1.165, 1.54) is 0 Å². The summed E-state index contributed by atoms with van der Waals surface area (Å²) in [6, 6.07) is 7.27. The number of carbonyl (C=O) groups is 1. The molecule has 2 heterocycles. The molecule has 2 fully saturated rings. The maximum Gasteiger partial charge on any atom is 0.251 e. The van der Waals surface area contributed by atoms with Crippen LogP contribution in [0.5, 0.6) is 5.75 Å². The van der Waals surface area contributed by atoms with Gasteiger partial charge in [-0.25, -0.2) is 0 Å². The highest BCUT2D eigenvalue weighted by Gasteiger charge is 2.26. The van der Waals surface area contributed by atoms with Crippen LogP contribution in [0, 0.1) is 12.3 Å². The first-order chi connectivity index (χ1) is 13.7. The number of ether oxygens (including phenoxy) is 1. The molecule has 0 N–H and O–H groups in total. The summed E-state index contributed by atoms with van der Waals surface area (Å²) in [5.74, 6) is 0.896. The minimum absolute atomic E-state index is 0.0603. The van der Waals surface area contributed by atoms with Gasteiger partial charge >= 0.3 is 0 Å². The summed E-state index contributed by atoms with van der Waals surface area (Å²) in [5, 5.41) is 0.865. The third-order valence-corrected chi connectivity index (χ3v) is 6.25. The Labute approximate surface area is 166 Å². The van der Waals surface area contributed by atoms with Crippen molar-refractivity contribution >= 4 is 16.7 Å². The fraction of sp³-hybridized carbons (Fsp3) is 0.522. The van der Waals surface area contributed by atoms with Gasteiger partial charge in [0.05, 0.1) is 12.6 Å². The van der Waals surface area contributed by atoms with Gasteiger partial charge in [0.2, 0.25) is 0 Å². The average Bonchev–Trinajstić information content (AvgIpc) is 3.27. The topological polar surface area (TPSA) is 51.5 Å². The normalized spacial score (nSPS) is 18.6. The van der Waals surface area contributed by atoms with Crippen molar-refractivity contribution in [3.63, 3.8) is 0 Å². The van der Waals surface area contributed by atoms with Gasteiger partial charge in [-0.15, -0.1) is 0 Å². The fourth-order valence-electron chi connectivity index (χ4n) is 4.60. The summed E-state index contributed by atoms with van der Waals surface area (Å²) in [6.45, 7) is 3.57. The smallest absolute Gasteiger partial charge is 0.251 e. The minimum Gasteiger partial charge on any atom is -0.497 e. The van der Waals surface area contributed by atoms with E-state index < -0.39 is 0 Å². The van der Waals surface area contributed by atoms with Crippen molar-refractivity contribution < 1.29 is 9.53 Å². The van der Waals surface area contributed by atoms with Gasteiger partial charge in [0.25, 0.3) is 5.56 Å². The van der Waals surface area contributed by atoms with Crippen molar-refractivity contribution in [1.82, 2.24) is 9.47 Å². The summed E-state index contributed by atoms with van der Waals surface area (Å²) in [6.07, 6.45) is 8.62. The molecule has 2 aromatic rings. The van der Waals surface area contributed by atoms with E-state index in [2.05, 4.69) is 11.3 Å². The predicted octanol–water partition coefficient (Wildman–Crippen LogP) is 3.68. The van der Waals surface area contributed by atoms with E-state index in [0.29, 0.717) is 17.9 Å². The highest BCUT2D eigenvalue weighted by atomic mass is 16.5. The highest BCUT2D eigenvalue weighted by Crippen LogP contribution is 2.31. The zero-order valence-corrected chi connectivity index (χ0v) is 16.7. The number of likely N-dealkylation sites (tertiary alicyclic amines) is 1. The number of Topliss-reactive ketones (excluding diaryl/α,β-unsaturated/α-hetero) is 1. The second-order valence-electron chi connectivity index (χ2n) is 7.98. The van der Waals surface area contributed by atoms with Gasteiger partial charge in [0, 0.05) is 42.1 Å². The number of rotatable bonds is 6. The maximum absolute atomic E-state index is 13.1. The van der Waals surface area contributed by atoms with Crippen LogP contribution in [0.15, 0.2) is 29.1 Å². The second kappa shape index (κ2) is 8.48. The molecule has 0 spiro atoms. The van der Waals surface area contributed by atoms with E-state index >= 15 is 0 Å². The Morgan fingerprint density at radius 2 is 1.86 bits per heavy atom. The Morgan fingerprint density at radius 3 is 2.57 bits per heavy atom. The number of ketones is 1. The first-order valence-corrected chi connectivity index (χ1v) is 10.5. The monoisotopic (exact) mass is 381 g/mol. The van der Waals surface area contributed by atoms with Crippen molar-refractivity contribution in [3.8, 4) is 5.75 Å². The number of methoxy groups -OCH3 is 1. The van der Waals surface area contributed by atoms with Crippen molar-refractivity contribution in [2.75, 3.05) is 26.7 Å². The number of piperidine rings is 1. The first-order valence-electron chi connectivity index (χ1n) is 10.5. The summed E-state index contributed by atoms with van der Waals surface area (Å²) in [5.41, 5.74) is 1.29. The van der Waals surface area contributed by atoms with Crippen LogP contribution >= 0.6 is 0 Å². The number of pyridine rings is 1. The molecule has 1 saturated carbocycles.